The second-order valence-electron chi connectivity index (χ2n) is 6.14. The normalized spacial score (nSPS) is 27.9. The Balaban J connectivity index is 1.61. The van der Waals surface area contributed by atoms with Gasteiger partial charge >= 0.3 is 0 Å². The average molecular weight is 311 g/mol. The maximum atomic E-state index is 10.2. The van der Waals surface area contributed by atoms with E-state index < -0.39 is 0 Å². The highest BCUT2D eigenvalue weighted by Gasteiger charge is 2.56. The summed E-state index contributed by atoms with van der Waals surface area (Å²) in [5.41, 5.74) is -0.0105. The molecule has 2 heterocycles. The molecule has 0 bridgehead atoms. The molecule has 1 aliphatic heterocycles. The third-order valence-electron chi connectivity index (χ3n) is 4.99. The summed E-state index contributed by atoms with van der Waals surface area (Å²) in [6.07, 6.45) is 4.95. The number of aliphatic hydroxyl groups is 1. The zero-order chi connectivity index (χ0) is 14.9. The monoisotopic (exact) mass is 311 g/mol. The molecular weight excluding hydrogens is 286 g/mol. The number of rotatable bonds is 5. The van der Waals surface area contributed by atoms with Crippen molar-refractivity contribution in [2.45, 2.75) is 58.2 Å². The molecule has 1 saturated heterocycles. The topological polar surface area (TPSA) is 58.5 Å². The lowest BCUT2D eigenvalue weighted by Crippen LogP contribution is -2.62. The minimum Gasteiger partial charge on any atom is -0.392 e. The van der Waals surface area contributed by atoms with Crippen molar-refractivity contribution in [3.63, 3.8) is 0 Å². The first-order valence-corrected chi connectivity index (χ1v) is 8.88. The Morgan fingerprint density at radius 3 is 2.71 bits per heavy atom. The van der Waals surface area contributed by atoms with Crippen LogP contribution in [0.4, 0.5) is 5.13 Å². The molecule has 1 saturated carbocycles. The van der Waals surface area contributed by atoms with E-state index in [4.69, 9.17) is 4.74 Å². The van der Waals surface area contributed by atoms with Gasteiger partial charge in [0.1, 0.15) is 5.01 Å². The third kappa shape index (κ3) is 2.69. The SMILES string of the molecule is CCCc1nnc(N2CCC3(CC2)[C@H](O)C[C@H]3OCC)s1. The third-order valence-corrected chi connectivity index (χ3v) is 6.04. The van der Waals surface area contributed by atoms with E-state index in [1.54, 1.807) is 11.3 Å². The first-order chi connectivity index (χ1) is 10.2. The Labute approximate surface area is 130 Å². The maximum absolute atomic E-state index is 10.2. The molecule has 3 rings (SSSR count). The molecule has 5 nitrogen and oxygen atoms in total. The van der Waals surface area contributed by atoms with Gasteiger partial charge in [0.25, 0.3) is 0 Å². The summed E-state index contributed by atoms with van der Waals surface area (Å²) < 4.78 is 5.81. The molecule has 1 aliphatic carbocycles. The van der Waals surface area contributed by atoms with Crippen LogP contribution in [0, 0.1) is 5.41 Å². The molecule has 0 radical (unpaired) electrons. The number of hydrogen-bond donors (Lipinski definition) is 1. The van der Waals surface area contributed by atoms with Gasteiger partial charge < -0.3 is 14.7 Å². The van der Waals surface area contributed by atoms with Crippen molar-refractivity contribution in [2.24, 2.45) is 5.41 Å². The fourth-order valence-corrected chi connectivity index (χ4v) is 4.61. The van der Waals surface area contributed by atoms with Gasteiger partial charge in [-0.3, -0.25) is 0 Å². The number of piperidine rings is 1. The second-order valence-corrected chi connectivity index (χ2v) is 7.18. The van der Waals surface area contributed by atoms with Crippen LogP contribution in [0.3, 0.4) is 0 Å². The minimum absolute atomic E-state index is 0.0105. The van der Waals surface area contributed by atoms with Crippen molar-refractivity contribution in [3.05, 3.63) is 5.01 Å². The summed E-state index contributed by atoms with van der Waals surface area (Å²) in [4.78, 5) is 2.32. The van der Waals surface area contributed by atoms with Gasteiger partial charge in [-0.25, -0.2) is 0 Å². The lowest BCUT2D eigenvalue weighted by molar-refractivity contribution is -0.199. The van der Waals surface area contributed by atoms with E-state index in [9.17, 15) is 5.11 Å². The zero-order valence-electron chi connectivity index (χ0n) is 12.9. The number of ether oxygens (including phenoxy) is 1. The van der Waals surface area contributed by atoms with E-state index in [0.717, 1.165) is 61.9 Å². The molecule has 2 aliphatic rings. The van der Waals surface area contributed by atoms with E-state index in [1.165, 1.54) is 0 Å². The maximum Gasteiger partial charge on any atom is 0.208 e. The molecule has 0 unspecified atom stereocenters. The molecule has 2 atom stereocenters. The number of hydrogen-bond acceptors (Lipinski definition) is 6. The molecule has 1 aromatic heterocycles. The van der Waals surface area contributed by atoms with E-state index in [2.05, 4.69) is 22.0 Å². The Morgan fingerprint density at radius 1 is 1.33 bits per heavy atom. The fraction of sp³-hybridized carbons (Fsp3) is 0.867. The molecule has 6 heteroatoms. The van der Waals surface area contributed by atoms with Crippen LogP contribution in [0.2, 0.25) is 0 Å². The highest BCUT2D eigenvalue weighted by molar-refractivity contribution is 7.15. The predicted molar refractivity (Wildman–Crippen MR) is 83.8 cm³/mol. The van der Waals surface area contributed by atoms with Gasteiger partial charge in [0.15, 0.2) is 0 Å². The summed E-state index contributed by atoms with van der Waals surface area (Å²) in [6, 6.07) is 0. The molecule has 1 N–H and O–H groups in total. The summed E-state index contributed by atoms with van der Waals surface area (Å²) >= 11 is 1.71. The van der Waals surface area contributed by atoms with Crippen molar-refractivity contribution >= 4 is 16.5 Å². The summed E-state index contributed by atoms with van der Waals surface area (Å²) in [5, 5.41) is 21.0. The second kappa shape index (κ2) is 6.18. The zero-order valence-corrected chi connectivity index (χ0v) is 13.7. The Hall–Kier alpha value is -0.720. The van der Waals surface area contributed by atoms with Crippen LogP contribution in [-0.2, 0) is 11.2 Å². The first-order valence-electron chi connectivity index (χ1n) is 8.06. The summed E-state index contributed by atoms with van der Waals surface area (Å²) in [5.74, 6) is 0. The largest absolute Gasteiger partial charge is 0.392 e. The van der Waals surface area contributed by atoms with Gasteiger partial charge in [-0.2, -0.15) is 0 Å². The van der Waals surface area contributed by atoms with Crippen molar-refractivity contribution in [1.82, 2.24) is 10.2 Å². The number of anilines is 1. The van der Waals surface area contributed by atoms with E-state index in [-0.39, 0.29) is 17.6 Å². The molecule has 21 heavy (non-hydrogen) atoms. The lowest BCUT2D eigenvalue weighted by atomic mass is 9.58. The number of aromatic nitrogens is 2. The lowest BCUT2D eigenvalue weighted by Gasteiger charge is -2.56. The van der Waals surface area contributed by atoms with Gasteiger partial charge in [-0.1, -0.05) is 18.3 Å². The highest BCUT2D eigenvalue weighted by Crippen LogP contribution is 2.51. The quantitative estimate of drug-likeness (QED) is 0.904. The van der Waals surface area contributed by atoms with Crippen LogP contribution in [-0.4, -0.2) is 47.2 Å². The van der Waals surface area contributed by atoms with Gasteiger partial charge in [-0.15, -0.1) is 10.2 Å². The molecule has 0 aromatic carbocycles. The Bertz CT molecular complexity index is 469. The Morgan fingerprint density at radius 2 is 2.10 bits per heavy atom. The van der Waals surface area contributed by atoms with Gasteiger partial charge in [0.2, 0.25) is 5.13 Å². The fourth-order valence-electron chi connectivity index (χ4n) is 3.62. The van der Waals surface area contributed by atoms with Crippen LogP contribution in [0.5, 0.6) is 0 Å². The summed E-state index contributed by atoms with van der Waals surface area (Å²) in [6.45, 7) is 6.82. The molecule has 118 valence electrons. The van der Waals surface area contributed by atoms with Crippen LogP contribution in [0.15, 0.2) is 0 Å². The average Bonchev–Trinajstić information content (AvgIpc) is 2.96. The molecular formula is C15H25N3O2S. The molecule has 1 spiro atoms. The van der Waals surface area contributed by atoms with Crippen molar-refractivity contribution < 1.29 is 9.84 Å². The van der Waals surface area contributed by atoms with Crippen molar-refractivity contribution in [3.8, 4) is 0 Å². The van der Waals surface area contributed by atoms with Gasteiger partial charge in [0.05, 0.1) is 12.2 Å². The number of nitrogens with zero attached hydrogens (tertiary/aromatic N) is 3. The van der Waals surface area contributed by atoms with Crippen molar-refractivity contribution in [2.75, 3.05) is 24.6 Å². The van der Waals surface area contributed by atoms with Gasteiger partial charge in [0, 0.05) is 38.0 Å². The van der Waals surface area contributed by atoms with Crippen LogP contribution >= 0.6 is 11.3 Å². The number of aliphatic hydroxyl groups excluding tert-OH is 1. The van der Waals surface area contributed by atoms with Crippen molar-refractivity contribution in [1.29, 1.82) is 0 Å². The van der Waals surface area contributed by atoms with Gasteiger partial charge in [-0.05, 0) is 26.2 Å². The first kappa shape index (κ1) is 15.2. The standard InChI is InChI=1S/C15H25N3O2S/c1-3-5-13-16-17-14(21-13)18-8-6-15(7-9-18)11(19)10-12(15)20-4-2/h11-12,19H,3-10H2,1-2H3/t11-,12-/m1/s1. The van der Waals surface area contributed by atoms with Crippen LogP contribution in [0.1, 0.15) is 44.5 Å². The smallest absolute Gasteiger partial charge is 0.208 e. The minimum atomic E-state index is -0.193. The molecule has 1 aromatic rings. The Kier molecular flexibility index (Phi) is 4.47. The molecule has 2 fully saturated rings. The van der Waals surface area contributed by atoms with E-state index >= 15 is 0 Å². The van der Waals surface area contributed by atoms with Crippen LogP contribution < -0.4 is 4.90 Å². The van der Waals surface area contributed by atoms with E-state index in [0.29, 0.717) is 0 Å². The number of aryl methyl sites for hydroxylation is 1. The highest BCUT2D eigenvalue weighted by atomic mass is 32.1. The summed E-state index contributed by atoms with van der Waals surface area (Å²) in [7, 11) is 0. The van der Waals surface area contributed by atoms with Crippen LogP contribution in [0.25, 0.3) is 0 Å². The van der Waals surface area contributed by atoms with E-state index in [1.807, 2.05) is 6.92 Å². The molecule has 0 amide bonds. The predicted octanol–water partition coefficient (Wildman–Crippen LogP) is 2.25.